The van der Waals surface area contributed by atoms with Crippen molar-refractivity contribution in [2.75, 3.05) is 33.5 Å². The second-order valence-corrected chi connectivity index (χ2v) is 4.96. The van der Waals surface area contributed by atoms with Crippen LogP contribution in [0.25, 0.3) is 0 Å². The Kier molecular flexibility index (Phi) is 8.93. The van der Waals surface area contributed by atoms with Gasteiger partial charge in [0, 0.05) is 36.9 Å². The highest BCUT2D eigenvalue weighted by atomic mass is 35.5. The van der Waals surface area contributed by atoms with Crippen molar-refractivity contribution < 1.29 is 14.4 Å². The fraction of sp³-hybridized carbons (Fsp3) is 0.571. The molecule has 0 atom stereocenters. The van der Waals surface area contributed by atoms with Crippen molar-refractivity contribution in [3.8, 4) is 0 Å². The van der Waals surface area contributed by atoms with E-state index in [1.807, 2.05) is 0 Å². The van der Waals surface area contributed by atoms with Crippen molar-refractivity contribution in [1.29, 1.82) is 0 Å². The van der Waals surface area contributed by atoms with Crippen molar-refractivity contribution in [3.05, 3.63) is 38.9 Å². The Bertz CT molecular complexity index is 443. The maximum Gasteiger partial charge on any atom is 0.273 e. The number of hydrogen-bond donors (Lipinski definition) is 1. The molecule has 0 bridgehead atoms. The van der Waals surface area contributed by atoms with Crippen molar-refractivity contribution in [2.24, 2.45) is 0 Å². The number of halogens is 1. The predicted molar refractivity (Wildman–Crippen MR) is 81.7 cm³/mol. The van der Waals surface area contributed by atoms with Gasteiger partial charge < -0.3 is 14.8 Å². The van der Waals surface area contributed by atoms with E-state index in [4.69, 9.17) is 21.1 Å². The summed E-state index contributed by atoms with van der Waals surface area (Å²) in [5.74, 6) is 0. The van der Waals surface area contributed by atoms with Crippen LogP contribution >= 0.6 is 11.6 Å². The summed E-state index contributed by atoms with van der Waals surface area (Å²) in [5, 5.41) is 14.6. The zero-order valence-corrected chi connectivity index (χ0v) is 12.9. The van der Waals surface area contributed by atoms with Crippen LogP contribution in [-0.4, -0.2) is 38.4 Å². The smallest absolute Gasteiger partial charge is 0.273 e. The third-order valence-electron chi connectivity index (χ3n) is 2.88. The zero-order chi connectivity index (χ0) is 15.5. The van der Waals surface area contributed by atoms with Gasteiger partial charge in [0.25, 0.3) is 5.69 Å². The number of nitrogens with zero attached hydrogens (tertiary/aromatic N) is 1. The summed E-state index contributed by atoms with van der Waals surface area (Å²) in [5.41, 5.74) is 0.693. The normalized spacial score (nSPS) is 10.8. The average molecular weight is 317 g/mol. The minimum Gasteiger partial charge on any atom is -0.382 e. The summed E-state index contributed by atoms with van der Waals surface area (Å²) in [7, 11) is 1.64. The first-order valence-electron chi connectivity index (χ1n) is 6.85. The van der Waals surface area contributed by atoms with E-state index in [0.29, 0.717) is 37.0 Å². The molecule has 0 aromatic heterocycles. The van der Waals surface area contributed by atoms with Gasteiger partial charge in [0.1, 0.15) is 0 Å². The van der Waals surface area contributed by atoms with E-state index in [2.05, 4.69) is 5.32 Å². The Morgan fingerprint density at radius 2 is 2.10 bits per heavy atom. The highest BCUT2D eigenvalue weighted by Crippen LogP contribution is 2.22. The van der Waals surface area contributed by atoms with Crippen LogP contribution in [0.4, 0.5) is 5.69 Å². The van der Waals surface area contributed by atoms with Gasteiger partial charge in [-0.1, -0.05) is 11.6 Å². The van der Waals surface area contributed by atoms with E-state index < -0.39 is 4.92 Å². The van der Waals surface area contributed by atoms with Gasteiger partial charge >= 0.3 is 0 Å². The second kappa shape index (κ2) is 10.5. The van der Waals surface area contributed by atoms with Gasteiger partial charge in [0.05, 0.1) is 18.1 Å². The molecule has 0 unspecified atom stereocenters. The fourth-order valence-corrected chi connectivity index (χ4v) is 1.99. The maximum atomic E-state index is 10.9. The van der Waals surface area contributed by atoms with E-state index in [9.17, 15) is 10.1 Å². The highest BCUT2D eigenvalue weighted by molar-refractivity contribution is 6.30. The summed E-state index contributed by atoms with van der Waals surface area (Å²) < 4.78 is 10.2. The molecule has 0 amide bonds. The Morgan fingerprint density at radius 1 is 1.29 bits per heavy atom. The number of unbranched alkanes of at least 4 members (excludes halogenated alkanes) is 1. The molecule has 0 aliphatic rings. The fourth-order valence-electron chi connectivity index (χ4n) is 1.80. The van der Waals surface area contributed by atoms with Crippen LogP contribution < -0.4 is 5.32 Å². The number of hydrogen-bond acceptors (Lipinski definition) is 5. The molecule has 6 nitrogen and oxygen atoms in total. The van der Waals surface area contributed by atoms with Crippen LogP contribution in [0.15, 0.2) is 18.2 Å². The first-order chi connectivity index (χ1) is 10.1. The van der Waals surface area contributed by atoms with E-state index >= 15 is 0 Å². The Hall–Kier alpha value is -1.21. The molecule has 1 rings (SSSR count). The van der Waals surface area contributed by atoms with E-state index in [0.717, 1.165) is 19.4 Å². The first kappa shape index (κ1) is 17.8. The van der Waals surface area contributed by atoms with Gasteiger partial charge in [0.2, 0.25) is 0 Å². The van der Waals surface area contributed by atoms with Gasteiger partial charge in [-0.3, -0.25) is 10.1 Å². The molecule has 1 N–H and O–H groups in total. The summed E-state index contributed by atoms with van der Waals surface area (Å²) in [4.78, 5) is 10.5. The Labute approximate surface area is 129 Å². The second-order valence-electron chi connectivity index (χ2n) is 4.52. The predicted octanol–water partition coefficient (Wildman–Crippen LogP) is 2.78. The molecule has 0 radical (unpaired) electrons. The van der Waals surface area contributed by atoms with E-state index in [1.54, 1.807) is 13.2 Å². The van der Waals surface area contributed by atoms with Crippen LogP contribution in [0.2, 0.25) is 5.02 Å². The quantitative estimate of drug-likeness (QED) is 0.386. The van der Waals surface area contributed by atoms with Gasteiger partial charge in [-0.05, 0) is 31.5 Å². The maximum absolute atomic E-state index is 10.9. The van der Waals surface area contributed by atoms with Crippen molar-refractivity contribution in [2.45, 2.75) is 19.4 Å². The number of nitro groups is 1. The number of nitrogens with one attached hydrogen (secondary N) is 1. The molecule has 21 heavy (non-hydrogen) atoms. The number of benzene rings is 1. The number of methoxy groups -OCH3 is 1. The lowest BCUT2D eigenvalue weighted by Crippen LogP contribution is -2.16. The number of ether oxygens (including phenoxy) is 2. The molecular formula is C14H21ClN2O4. The molecule has 0 aliphatic carbocycles. The van der Waals surface area contributed by atoms with Gasteiger partial charge in [0.15, 0.2) is 0 Å². The van der Waals surface area contributed by atoms with E-state index in [-0.39, 0.29) is 5.69 Å². The molecule has 118 valence electrons. The monoisotopic (exact) mass is 316 g/mol. The number of nitro benzene ring substituents is 1. The highest BCUT2D eigenvalue weighted by Gasteiger charge is 2.12. The van der Waals surface area contributed by atoms with Crippen molar-refractivity contribution in [3.63, 3.8) is 0 Å². The van der Waals surface area contributed by atoms with Gasteiger partial charge in [-0.2, -0.15) is 0 Å². The van der Waals surface area contributed by atoms with Crippen molar-refractivity contribution in [1.82, 2.24) is 5.32 Å². The number of rotatable bonds is 11. The Morgan fingerprint density at radius 3 is 2.81 bits per heavy atom. The summed E-state index contributed by atoms with van der Waals surface area (Å²) in [6.07, 6.45) is 1.88. The molecule has 0 heterocycles. The lowest BCUT2D eigenvalue weighted by Gasteiger charge is -2.07. The first-order valence-corrected chi connectivity index (χ1v) is 7.23. The lowest BCUT2D eigenvalue weighted by molar-refractivity contribution is -0.385. The SMILES string of the molecule is COCCOCCCCNCc1cc(Cl)ccc1[N+](=O)[O-]. The molecule has 1 aromatic carbocycles. The summed E-state index contributed by atoms with van der Waals surface area (Å²) >= 11 is 5.87. The van der Waals surface area contributed by atoms with Crippen LogP contribution in [0.1, 0.15) is 18.4 Å². The molecule has 0 fully saturated rings. The molecule has 7 heteroatoms. The van der Waals surface area contributed by atoms with Gasteiger partial charge in [-0.15, -0.1) is 0 Å². The van der Waals surface area contributed by atoms with E-state index in [1.165, 1.54) is 12.1 Å². The third kappa shape index (κ3) is 7.38. The standard InChI is InChI=1S/C14H21ClN2O4/c1-20-8-9-21-7-3-2-6-16-11-12-10-13(15)4-5-14(12)17(18)19/h4-5,10,16H,2-3,6-9,11H2,1H3. The van der Waals surface area contributed by atoms with Crippen LogP contribution in [-0.2, 0) is 16.0 Å². The largest absolute Gasteiger partial charge is 0.382 e. The van der Waals surface area contributed by atoms with Crippen LogP contribution in [0.5, 0.6) is 0 Å². The minimum atomic E-state index is -0.392. The molecule has 0 saturated heterocycles. The van der Waals surface area contributed by atoms with Crippen LogP contribution in [0, 0.1) is 10.1 Å². The minimum absolute atomic E-state index is 0.0924. The molecule has 0 spiro atoms. The zero-order valence-electron chi connectivity index (χ0n) is 12.1. The molecule has 0 saturated carbocycles. The molecule has 1 aromatic rings. The summed E-state index contributed by atoms with van der Waals surface area (Å²) in [6, 6.07) is 4.59. The van der Waals surface area contributed by atoms with Gasteiger partial charge in [-0.25, -0.2) is 0 Å². The van der Waals surface area contributed by atoms with Crippen LogP contribution in [0.3, 0.4) is 0 Å². The third-order valence-corrected chi connectivity index (χ3v) is 3.11. The average Bonchev–Trinajstić information content (AvgIpc) is 2.45. The van der Waals surface area contributed by atoms with Crippen molar-refractivity contribution >= 4 is 17.3 Å². The Balaban J connectivity index is 2.21. The molecular weight excluding hydrogens is 296 g/mol. The topological polar surface area (TPSA) is 73.6 Å². The summed E-state index contributed by atoms with van der Waals surface area (Å²) in [6.45, 7) is 3.12. The molecule has 0 aliphatic heterocycles. The lowest BCUT2D eigenvalue weighted by atomic mass is 10.2.